The van der Waals surface area contributed by atoms with Crippen LogP contribution < -0.4 is 10.9 Å². The van der Waals surface area contributed by atoms with Gasteiger partial charge in [-0.1, -0.05) is 60.3 Å². The van der Waals surface area contributed by atoms with E-state index in [-0.39, 0.29) is 43.7 Å². The number of carbonyl (C=O) groups is 2. The summed E-state index contributed by atoms with van der Waals surface area (Å²) in [5.41, 5.74) is 2.19. The van der Waals surface area contributed by atoms with Crippen molar-refractivity contribution in [2.24, 2.45) is 0 Å². The molecule has 0 spiro atoms. The summed E-state index contributed by atoms with van der Waals surface area (Å²) in [5, 5.41) is 2.97. The van der Waals surface area contributed by atoms with E-state index in [0.717, 1.165) is 28.8 Å². The summed E-state index contributed by atoms with van der Waals surface area (Å²) in [6.07, 6.45) is -2.58. The van der Waals surface area contributed by atoms with Gasteiger partial charge in [0.25, 0.3) is 5.56 Å². The van der Waals surface area contributed by atoms with Crippen molar-refractivity contribution in [2.75, 3.05) is 13.6 Å². The molecule has 3 aromatic carbocycles. The summed E-state index contributed by atoms with van der Waals surface area (Å²) in [4.78, 5) is 43.0. The van der Waals surface area contributed by atoms with E-state index in [1.54, 1.807) is 42.1 Å². The third-order valence-corrected chi connectivity index (χ3v) is 7.79. The average Bonchev–Trinajstić information content (AvgIpc) is 2.98. The van der Waals surface area contributed by atoms with Crippen LogP contribution in [0.4, 0.5) is 17.6 Å². The minimum absolute atomic E-state index is 0.105. The maximum absolute atomic E-state index is 13.3. The molecule has 0 saturated heterocycles. The van der Waals surface area contributed by atoms with Crippen LogP contribution >= 0.6 is 11.8 Å². The molecule has 0 aliphatic rings. The Morgan fingerprint density at radius 1 is 0.932 bits per heavy atom. The number of benzene rings is 3. The molecule has 7 nitrogen and oxygen atoms in total. The highest BCUT2D eigenvalue weighted by Crippen LogP contribution is 2.31. The van der Waals surface area contributed by atoms with Crippen molar-refractivity contribution in [1.82, 2.24) is 19.8 Å². The number of aromatic nitrogens is 2. The number of halogens is 4. The van der Waals surface area contributed by atoms with Gasteiger partial charge in [0.05, 0.1) is 5.56 Å². The smallest absolute Gasteiger partial charge is 0.356 e. The molecule has 0 aliphatic heterocycles. The number of hydrogen-bond donors (Lipinski definition) is 1. The molecule has 0 saturated carbocycles. The molecule has 230 valence electrons. The molecule has 0 atom stereocenters. The minimum atomic E-state index is -4.40. The van der Waals surface area contributed by atoms with Gasteiger partial charge in [0.2, 0.25) is 11.8 Å². The first kappa shape index (κ1) is 32.5. The van der Waals surface area contributed by atoms with Gasteiger partial charge >= 0.3 is 6.18 Å². The molecule has 0 bridgehead atoms. The summed E-state index contributed by atoms with van der Waals surface area (Å²) < 4.78 is 53.6. The second-order valence-corrected chi connectivity index (χ2v) is 11.1. The van der Waals surface area contributed by atoms with Crippen molar-refractivity contribution < 1.29 is 27.2 Å². The fraction of sp³-hybridized carbons (Fsp3) is 0.250. The Morgan fingerprint density at radius 3 is 2.11 bits per heavy atom. The Hall–Kier alpha value is -4.45. The molecule has 0 fully saturated rings. The maximum Gasteiger partial charge on any atom is 0.416 e. The number of likely N-dealkylation sites (N-methyl/N-ethyl adjacent to an activating group) is 1. The highest BCUT2D eigenvalue weighted by atomic mass is 32.2. The van der Waals surface area contributed by atoms with E-state index in [1.165, 1.54) is 47.9 Å². The van der Waals surface area contributed by atoms with E-state index in [0.29, 0.717) is 22.0 Å². The molecule has 44 heavy (non-hydrogen) atoms. The molecule has 0 unspecified atom stereocenters. The number of thioether (sulfide) groups is 1. The van der Waals surface area contributed by atoms with Crippen LogP contribution in [0.25, 0.3) is 11.1 Å². The van der Waals surface area contributed by atoms with Crippen molar-refractivity contribution in [3.05, 3.63) is 117 Å². The van der Waals surface area contributed by atoms with Gasteiger partial charge < -0.3 is 14.8 Å². The van der Waals surface area contributed by atoms with E-state index >= 15 is 0 Å². The van der Waals surface area contributed by atoms with Gasteiger partial charge in [-0.25, -0.2) is 4.39 Å². The summed E-state index contributed by atoms with van der Waals surface area (Å²) in [6, 6.07) is 18.1. The van der Waals surface area contributed by atoms with Crippen molar-refractivity contribution in [2.45, 2.75) is 43.5 Å². The molecule has 2 amide bonds. The molecule has 1 heterocycles. The first-order valence-corrected chi connectivity index (χ1v) is 14.6. The lowest BCUT2D eigenvalue weighted by Gasteiger charge is -2.20. The lowest BCUT2D eigenvalue weighted by molar-refractivity contribution is -0.137. The molecule has 0 radical (unpaired) electrons. The first-order chi connectivity index (χ1) is 20.9. The third kappa shape index (κ3) is 9.03. The van der Waals surface area contributed by atoms with E-state index < -0.39 is 17.3 Å². The molecular formula is C32H30F4N4O3S. The van der Waals surface area contributed by atoms with Crippen LogP contribution in [0.1, 0.15) is 29.2 Å². The number of nitrogens with zero attached hydrogens (tertiary/aromatic N) is 3. The van der Waals surface area contributed by atoms with Crippen LogP contribution in [0, 0.1) is 5.82 Å². The fourth-order valence-electron chi connectivity index (χ4n) is 4.31. The second kappa shape index (κ2) is 14.3. The van der Waals surface area contributed by atoms with Crippen molar-refractivity contribution in [1.29, 1.82) is 0 Å². The molecular weight excluding hydrogens is 596 g/mol. The predicted molar refractivity (Wildman–Crippen MR) is 160 cm³/mol. The maximum atomic E-state index is 13.3. The zero-order chi connectivity index (χ0) is 31.9. The van der Waals surface area contributed by atoms with Crippen LogP contribution in [-0.4, -0.2) is 39.9 Å². The van der Waals surface area contributed by atoms with Crippen LogP contribution in [0.3, 0.4) is 0 Å². The SMILES string of the molecule is CC(=O)NCCc1cn(CC(=O)N(C)Cc2ccc(-c3ccc(C(F)(F)F)cc3)cc2)c(SCc2ccc(F)cc2)nc1=O. The Bertz CT molecular complexity index is 1660. The lowest BCUT2D eigenvalue weighted by atomic mass is 10.0. The van der Waals surface area contributed by atoms with Crippen LogP contribution in [0.5, 0.6) is 0 Å². The number of alkyl halides is 3. The highest BCUT2D eigenvalue weighted by Gasteiger charge is 2.30. The predicted octanol–water partition coefficient (Wildman–Crippen LogP) is 5.70. The van der Waals surface area contributed by atoms with Crippen LogP contribution in [-0.2, 0) is 41.0 Å². The lowest BCUT2D eigenvalue weighted by Crippen LogP contribution is -2.32. The zero-order valence-electron chi connectivity index (χ0n) is 24.0. The first-order valence-electron chi connectivity index (χ1n) is 13.6. The van der Waals surface area contributed by atoms with Crippen molar-refractivity contribution >= 4 is 23.6 Å². The standard InChI is InChI=1S/C32H30F4N4O3S/c1-21(41)37-16-15-26-18-40(31(38-30(26)43)44-20-23-5-13-28(33)14-6-23)19-29(42)39(2)17-22-3-7-24(8-4-22)25-9-11-27(12-10-25)32(34,35)36/h3-14,18H,15-17,19-20H2,1-2H3,(H,37,41). The number of hydrogen-bond acceptors (Lipinski definition) is 5. The van der Waals surface area contributed by atoms with Crippen molar-refractivity contribution in [3.63, 3.8) is 0 Å². The Kier molecular flexibility index (Phi) is 10.6. The summed E-state index contributed by atoms with van der Waals surface area (Å²) >= 11 is 1.24. The second-order valence-electron chi connectivity index (χ2n) is 10.2. The van der Waals surface area contributed by atoms with Crippen LogP contribution in [0.15, 0.2) is 88.9 Å². The summed E-state index contributed by atoms with van der Waals surface area (Å²) in [6.45, 7) is 1.78. The van der Waals surface area contributed by atoms with Gasteiger partial charge in [0.1, 0.15) is 12.4 Å². The topological polar surface area (TPSA) is 84.3 Å². The normalized spacial score (nSPS) is 11.3. The molecule has 12 heteroatoms. The minimum Gasteiger partial charge on any atom is -0.356 e. The molecule has 0 aliphatic carbocycles. The quantitative estimate of drug-likeness (QED) is 0.131. The fourth-order valence-corrected chi connectivity index (χ4v) is 5.22. The van der Waals surface area contributed by atoms with Gasteiger partial charge in [0, 0.05) is 44.6 Å². The van der Waals surface area contributed by atoms with Crippen LogP contribution in [0.2, 0.25) is 0 Å². The highest BCUT2D eigenvalue weighted by molar-refractivity contribution is 7.98. The van der Waals surface area contributed by atoms with Gasteiger partial charge in [0.15, 0.2) is 5.16 Å². The van der Waals surface area contributed by atoms with E-state index in [9.17, 15) is 31.9 Å². The van der Waals surface area contributed by atoms with Gasteiger partial charge in [-0.3, -0.25) is 14.4 Å². The van der Waals surface area contributed by atoms with E-state index in [4.69, 9.17) is 0 Å². The average molecular weight is 627 g/mol. The number of amides is 2. The Balaban J connectivity index is 1.46. The molecule has 4 rings (SSSR count). The largest absolute Gasteiger partial charge is 0.416 e. The number of carbonyl (C=O) groups excluding carboxylic acids is 2. The zero-order valence-corrected chi connectivity index (χ0v) is 24.8. The Labute approximate surface area is 255 Å². The van der Waals surface area contributed by atoms with Gasteiger partial charge in [-0.15, -0.1) is 0 Å². The summed E-state index contributed by atoms with van der Waals surface area (Å²) in [5.74, 6) is -0.444. The molecule has 1 N–H and O–H groups in total. The third-order valence-electron chi connectivity index (χ3n) is 6.73. The van der Waals surface area contributed by atoms with Gasteiger partial charge in [-0.2, -0.15) is 18.2 Å². The molecule has 4 aromatic rings. The summed E-state index contributed by atoms with van der Waals surface area (Å²) in [7, 11) is 1.64. The number of nitrogens with one attached hydrogen (secondary N) is 1. The van der Waals surface area contributed by atoms with E-state index in [1.807, 2.05) is 12.1 Å². The van der Waals surface area contributed by atoms with Crippen molar-refractivity contribution in [3.8, 4) is 11.1 Å². The monoisotopic (exact) mass is 626 g/mol. The Morgan fingerprint density at radius 2 is 1.52 bits per heavy atom. The van der Waals surface area contributed by atoms with E-state index in [2.05, 4.69) is 10.3 Å². The molecule has 1 aromatic heterocycles. The van der Waals surface area contributed by atoms with Gasteiger partial charge in [-0.05, 0) is 52.9 Å². The number of rotatable bonds is 11.